The van der Waals surface area contributed by atoms with Crippen LogP contribution >= 0.6 is 6.72 Å². The first kappa shape index (κ1) is 22.4. The molecule has 0 rings (SSSR count). The van der Waals surface area contributed by atoms with Crippen LogP contribution in [0.5, 0.6) is 0 Å². The monoisotopic (exact) mass is 356 g/mol. The summed E-state index contributed by atoms with van der Waals surface area (Å²) in [5.74, 6) is 0. The average Bonchev–Trinajstić information content (AvgIpc) is 2.46. The van der Waals surface area contributed by atoms with Crippen molar-refractivity contribution in [2.24, 2.45) is 0 Å². The van der Waals surface area contributed by atoms with Crippen molar-refractivity contribution in [3.05, 3.63) is 0 Å². The molecule has 0 saturated carbocycles. The first-order chi connectivity index (χ1) is 10.5. The van der Waals surface area contributed by atoms with E-state index >= 15 is 0 Å². The fourth-order valence-electron chi connectivity index (χ4n) is 2.17. The second-order valence-electron chi connectivity index (χ2n) is 5.64. The van der Waals surface area contributed by atoms with Gasteiger partial charge in [0, 0.05) is 6.61 Å². The molecule has 0 aromatic rings. The molecule has 22 heavy (non-hydrogen) atoms. The number of ether oxygens (including phenoxy) is 1. The molecule has 134 valence electrons. The number of hydrogen-bond donors (Lipinski definition) is 3. The number of aliphatic hydroxyl groups excluding tert-OH is 1. The zero-order valence-corrected chi connectivity index (χ0v) is 15.5. The molecule has 0 radical (unpaired) electrons. The Balaban J connectivity index is 3.34. The van der Waals surface area contributed by atoms with Crippen LogP contribution < -0.4 is 0 Å². The third-order valence-corrected chi connectivity index (χ3v) is 4.29. The molecule has 7 heteroatoms. The normalized spacial score (nSPS) is 13.5. The summed E-state index contributed by atoms with van der Waals surface area (Å²) >= 11 is 4.34. The highest BCUT2D eigenvalue weighted by atomic mass is 32.5. The maximum atomic E-state index is 9.09. The van der Waals surface area contributed by atoms with Gasteiger partial charge in [-0.3, -0.25) is 0 Å². The first-order valence-electron chi connectivity index (χ1n) is 8.42. The summed E-state index contributed by atoms with van der Waals surface area (Å²) in [5, 5.41) is 9.09. The molecule has 0 aliphatic carbocycles. The Morgan fingerprint density at radius 3 is 1.86 bits per heavy atom. The van der Waals surface area contributed by atoms with Crippen molar-refractivity contribution in [1.29, 1.82) is 0 Å². The summed E-state index contributed by atoms with van der Waals surface area (Å²) in [5.41, 5.74) is 0. The molecule has 1 unspecified atom stereocenters. The van der Waals surface area contributed by atoms with E-state index in [4.69, 9.17) is 19.6 Å². The minimum Gasteiger partial charge on any atom is -0.394 e. The third kappa shape index (κ3) is 16.8. The predicted octanol–water partition coefficient (Wildman–Crippen LogP) is 3.51. The minimum atomic E-state index is -3.66. The van der Waals surface area contributed by atoms with Crippen molar-refractivity contribution in [3.63, 3.8) is 0 Å². The Hall–Kier alpha value is 0.450. The van der Waals surface area contributed by atoms with Crippen LogP contribution in [0.2, 0.25) is 0 Å². The van der Waals surface area contributed by atoms with E-state index < -0.39 is 12.8 Å². The van der Waals surface area contributed by atoms with Gasteiger partial charge < -0.3 is 24.2 Å². The van der Waals surface area contributed by atoms with Gasteiger partial charge in [0.25, 0.3) is 0 Å². The lowest BCUT2D eigenvalue weighted by atomic mass is 10.1. The summed E-state index contributed by atoms with van der Waals surface area (Å²) in [6.07, 6.45) is 12.0. The zero-order chi connectivity index (χ0) is 16.7. The molecule has 5 nitrogen and oxygen atoms in total. The van der Waals surface area contributed by atoms with Crippen molar-refractivity contribution < 1.29 is 24.2 Å². The highest BCUT2D eigenvalue weighted by Gasteiger charge is 2.14. The van der Waals surface area contributed by atoms with Gasteiger partial charge in [0.15, 0.2) is 0 Å². The Morgan fingerprint density at radius 1 is 0.909 bits per heavy atom. The summed E-state index contributed by atoms with van der Waals surface area (Å²) in [6, 6.07) is 0. The van der Waals surface area contributed by atoms with E-state index in [1.807, 2.05) is 0 Å². The lowest BCUT2D eigenvalue weighted by molar-refractivity contribution is -0.0172. The summed E-state index contributed by atoms with van der Waals surface area (Å²) in [7, 11) is 0. The second-order valence-corrected chi connectivity index (χ2v) is 8.31. The SMILES string of the molecule is CCCCCCCCCCCCOC(CO)COP(O)(O)=S. The van der Waals surface area contributed by atoms with Gasteiger partial charge in [-0.1, -0.05) is 64.7 Å². The van der Waals surface area contributed by atoms with Crippen LogP contribution in [0.1, 0.15) is 71.1 Å². The zero-order valence-electron chi connectivity index (χ0n) is 13.8. The standard InChI is InChI=1S/C15H33O5PS/c1-2-3-4-5-6-7-8-9-10-11-12-19-15(13-16)14-20-21(17,18)22/h15-16H,2-14H2,1H3,(H2,17,18,22). The fraction of sp³-hybridized carbons (Fsp3) is 1.00. The molecule has 0 aliphatic rings. The van der Waals surface area contributed by atoms with Crippen molar-refractivity contribution >= 4 is 18.5 Å². The quantitative estimate of drug-likeness (QED) is 0.290. The number of hydrogen-bond acceptors (Lipinski definition) is 4. The molecule has 0 amide bonds. The molecule has 0 saturated heterocycles. The Bertz CT molecular complexity index is 285. The third-order valence-electron chi connectivity index (χ3n) is 3.48. The number of aliphatic hydroxyl groups is 1. The van der Waals surface area contributed by atoms with Gasteiger partial charge in [-0.05, 0) is 18.2 Å². The largest absolute Gasteiger partial charge is 0.394 e. The molecule has 0 spiro atoms. The molecule has 3 N–H and O–H groups in total. The Kier molecular flexibility index (Phi) is 15.3. The lowest BCUT2D eigenvalue weighted by Crippen LogP contribution is -2.24. The highest BCUT2D eigenvalue weighted by molar-refractivity contribution is 8.06. The van der Waals surface area contributed by atoms with E-state index in [1.165, 1.54) is 51.4 Å². The van der Waals surface area contributed by atoms with Crippen molar-refractivity contribution in [1.82, 2.24) is 0 Å². The van der Waals surface area contributed by atoms with Crippen LogP contribution in [0.3, 0.4) is 0 Å². The predicted molar refractivity (Wildman–Crippen MR) is 93.3 cm³/mol. The molecule has 0 aromatic heterocycles. The number of rotatable bonds is 16. The van der Waals surface area contributed by atoms with Gasteiger partial charge in [-0.15, -0.1) is 0 Å². The van der Waals surface area contributed by atoms with Crippen LogP contribution in [0.4, 0.5) is 0 Å². The molecule has 0 aromatic carbocycles. The molecular formula is C15H33O5PS. The molecule has 0 aliphatic heterocycles. The summed E-state index contributed by atoms with van der Waals surface area (Å²) in [4.78, 5) is 17.9. The van der Waals surface area contributed by atoms with Crippen LogP contribution in [-0.4, -0.2) is 40.8 Å². The van der Waals surface area contributed by atoms with Crippen molar-refractivity contribution in [3.8, 4) is 0 Å². The smallest absolute Gasteiger partial charge is 0.321 e. The van der Waals surface area contributed by atoms with Crippen LogP contribution in [-0.2, 0) is 21.1 Å². The maximum Gasteiger partial charge on any atom is 0.321 e. The minimum absolute atomic E-state index is 0.0848. The van der Waals surface area contributed by atoms with E-state index in [0.29, 0.717) is 6.61 Å². The van der Waals surface area contributed by atoms with Gasteiger partial charge in [0.1, 0.15) is 6.10 Å². The fourth-order valence-corrected chi connectivity index (χ4v) is 2.72. The van der Waals surface area contributed by atoms with Crippen LogP contribution in [0, 0.1) is 0 Å². The molecule has 0 heterocycles. The lowest BCUT2D eigenvalue weighted by Gasteiger charge is -2.17. The van der Waals surface area contributed by atoms with Gasteiger partial charge in [-0.2, -0.15) is 0 Å². The van der Waals surface area contributed by atoms with Crippen molar-refractivity contribution in [2.45, 2.75) is 77.2 Å². The van der Waals surface area contributed by atoms with E-state index in [2.05, 4.69) is 23.3 Å². The van der Waals surface area contributed by atoms with Gasteiger partial charge in [-0.25, -0.2) is 0 Å². The Morgan fingerprint density at radius 2 is 1.41 bits per heavy atom. The first-order valence-corrected chi connectivity index (χ1v) is 11.0. The van der Waals surface area contributed by atoms with E-state index in [9.17, 15) is 0 Å². The molecule has 1 atom stereocenters. The second kappa shape index (κ2) is 15.0. The average molecular weight is 356 g/mol. The summed E-state index contributed by atoms with van der Waals surface area (Å²) in [6.45, 7) is -1.18. The highest BCUT2D eigenvalue weighted by Crippen LogP contribution is 2.36. The Labute approximate surface area is 140 Å². The number of unbranched alkanes of at least 4 members (excludes halogenated alkanes) is 9. The van der Waals surface area contributed by atoms with E-state index in [1.54, 1.807) is 0 Å². The maximum absolute atomic E-state index is 9.09. The van der Waals surface area contributed by atoms with Gasteiger partial charge in [0.2, 0.25) is 0 Å². The molecule has 0 bridgehead atoms. The molecular weight excluding hydrogens is 323 g/mol. The van der Waals surface area contributed by atoms with E-state index in [0.717, 1.165) is 12.8 Å². The van der Waals surface area contributed by atoms with Crippen LogP contribution in [0.25, 0.3) is 0 Å². The van der Waals surface area contributed by atoms with Gasteiger partial charge in [0.05, 0.1) is 13.2 Å². The van der Waals surface area contributed by atoms with Crippen molar-refractivity contribution in [2.75, 3.05) is 19.8 Å². The summed E-state index contributed by atoms with van der Waals surface area (Å²) < 4.78 is 10.1. The van der Waals surface area contributed by atoms with Gasteiger partial charge >= 0.3 is 6.72 Å². The van der Waals surface area contributed by atoms with E-state index in [-0.39, 0.29) is 13.2 Å². The topological polar surface area (TPSA) is 79.2 Å². The molecule has 0 fully saturated rings. The van der Waals surface area contributed by atoms with Crippen LogP contribution in [0.15, 0.2) is 0 Å².